The van der Waals surface area contributed by atoms with Crippen LogP contribution in [-0.2, 0) is 23.7 Å². The van der Waals surface area contributed by atoms with Crippen molar-refractivity contribution in [2.45, 2.75) is 30.8 Å². The first-order valence-electron chi connectivity index (χ1n) is 8.87. The Morgan fingerprint density at radius 2 is 1.63 bits per heavy atom. The molecule has 1 aliphatic heterocycles. The first kappa shape index (κ1) is 19.8. The lowest BCUT2D eigenvalue weighted by atomic mass is 9.89. The molecule has 0 unspecified atom stereocenters. The highest BCUT2D eigenvalue weighted by atomic mass is 16.8. The van der Waals surface area contributed by atoms with Crippen molar-refractivity contribution in [3.8, 4) is 11.5 Å². The van der Waals surface area contributed by atoms with Gasteiger partial charge in [0.2, 0.25) is 11.6 Å². The maximum atomic E-state index is 12.9. The number of ether oxygens (including phenoxy) is 6. The number of allylic oxidation sites excluding steroid dienone is 1. The molecule has 2 atom stereocenters. The summed E-state index contributed by atoms with van der Waals surface area (Å²) in [7, 11) is 6.36. The molecule has 2 aliphatic rings. The van der Waals surface area contributed by atoms with Crippen molar-refractivity contribution < 1.29 is 33.2 Å². The fourth-order valence-corrected chi connectivity index (χ4v) is 3.54. The fourth-order valence-electron chi connectivity index (χ4n) is 3.54. The molecular weight excluding hydrogens is 352 g/mol. The van der Waals surface area contributed by atoms with E-state index in [9.17, 15) is 4.79 Å². The molecule has 1 aromatic rings. The minimum absolute atomic E-state index is 0.196. The van der Waals surface area contributed by atoms with Crippen molar-refractivity contribution in [3.05, 3.63) is 29.8 Å². The Morgan fingerprint density at radius 1 is 1.00 bits per heavy atom. The Labute approximate surface area is 159 Å². The summed E-state index contributed by atoms with van der Waals surface area (Å²) in [5.41, 5.74) is 1.83. The molecular formula is C20H26O7. The van der Waals surface area contributed by atoms with E-state index in [1.165, 1.54) is 0 Å². The molecule has 7 nitrogen and oxygen atoms in total. The van der Waals surface area contributed by atoms with Crippen molar-refractivity contribution in [1.82, 2.24) is 0 Å². The molecule has 1 spiro atoms. The molecule has 1 saturated heterocycles. The van der Waals surface area contributed by atoms with E-state index in [1.807, 2.05) is 18.2 Å². The Morgan fingerprint density at radius 3 is 2.15 bits per heavy atom. The number of hydrogen-bond donors (Lipinski definition) is 0. The minimum Gasteiger partial charge on any atom is -0.493 e. The lowest BCUT2D eigenvalue weighted by Crippen LogP contribution is -2.42. The molecule has 1 heterocycles. The van der Waals surface area contributed by atoms with E-state index in [1.54, 1.807) is 34.5 Å². The molecule has 1 aliphatic carbocycles. The van der Waals surface area contributed by atoms with Crippen LogP contribution in [-0.4, -0.2) is 65.4 Å². The van der Waals surface area contributed by atoms with Crippen molar-refractivity contribution in [3.63, 3.8) is 0 Å². The van der Waals surface area contributed by atoms with Gasteiger partial charge in [-0.3, -0.25) is 4.79 Å². The quantitative estimate of drug-likeness (QED) is 0.720. The third-order valence-electron chi connectivity index (χ3n) is 4.92. The third-order valence-corrected chi connectivity index (χ3v) is 4.92. The summed E-state index contributed by atoms with van der Waals surface area (Å²) in [5, 5.41) is 0. The van der Waals surface area contributed by atoms with Gasteiger partial charge in [-0.05, 0) is 35.8 Å². The molecule has 0 N–H and O–H groups in total. The number of ketones is 1. The number of carbonyl (C=O) groups is 1. The summed E-state index contributed by atoms with van der Waals surface area (Å²) in [6, 6.07) is 5.61. The van der Waals surface area contributed by atoms with Gasteiger partial charge in [-0.25, -0.2) is 0 Å². The molecule has 0 aromatic heterocycles. The Kier molecular flexibility index (Phi) is 6.16. The summed E-state index contributed by atoms with van der Waals surface area (Å²) in [6.45, 7) is 0.685. The summed E-state index contributed by atoms with van der Waals surface area (Å²) in [4.78, 5) is 12.9. The smallest absolute Gasteiger partial charge is 0.234 e. The van der Waals surface area contributed by atoms with Gasteiger partial charge >= 0.3 is 0 Å². The van der Waals surface area contributed by atoms with Crippen LogP contribution in [0.15, 0.2) is 24.3 Å². The summed E-state index contributed by atoms with van der Waals surface area (Å²) < 4.78 is 33.0. The van der Waals surface area contributed by atoms with Crippen molar-refractivity contribution in [1.29, 1.82) is 0 Å². The van der Waals surface area contributed by atoms with Crippen LogP contribution in [0.1, 0.15) is 18.4 Å². The number of methoxy groups -OCH3 is 4. The first-order valence-corrected chi connectivity index (χ1v) is 8.87. The lowest BCUT2D eigenvalue weighted by Gasteiger charge is -2.30. The van der Waals surface area contributed by atoms with Gasteiger partial charge < -0.3 is 28.4 Å². The maximum Gasteiger partial charge on any atom is 0.234 e. The van der Waals surface area contributed by atoms with E-state index in [2.05, 4.69) is 0 Å². The predicted molar refractivity (Wildman–Crippen MR) is 98.0 cm³/mol. The normalized spacial score (nSPS) is 24.1. The number of benzene rings is 1. The zero-order valence-electron chi connectivity index (χ0n) is 16.2. The van der Waals surface area contributed by atoms with Gasteiger partial charge in [-0.15, -0.1) is 0 Å². The molecule has 7 heteroatoms. The molecule has 1 aromatic carbocycles. The van der Waals surface area contributed by atoms with E-state index in [-0.39, 0.29) is 18.0 Å². The second-order valence-electron chi connectivity index (χ2n) is 6.58. The Bertz CT molecular complexity index is 698. The van der Waals surface area contributed by atoms with Gasteiger partial charge in [0.15, 0.2) is 11.5 Å². The number of hydrogen-bond acceptors (Lipinski definition) is 7. The first-order chi connectivity index (χ1) is 13.1. The summed E-state index contributed by atoms with van der Waals surface area (Å²) in [6.07, 6.45) is 2.00. The van der Waals surface area contributed by atoms with Gasteiger partial charge in [0.25, 0.3) is 0 Å². The molecule has 3 rings (SSSR count). The lowest BCUT2D eigenvalue weighted by molar-refractivity contribution is -0.190. The molecule has 1 fully saturated rings. The minimum atomic E-state index is -1.26. The third kappa shape index (κ3) is 3.87. The SMILES string of the molecule is COC[C@@H]1OC2(CCC(c3ccc(OC)c(OC)c3)=CC2=O)O[C@H]1COC. The molecule has 0 saturated carbocycles. The molecule has 0 amide bonds. The van der Waals surface area contributed by atoms with Gasteiger partial charge in [0.05, 0.1) is 27.4 Å². The van der Waals surface area contributed by atoms with Crippen LogP contribution in [0.5, 0.6) is 11.5 Å². The standard InChI is InChI=1S/C20H26O7/c1-22-11-17-18(12-23-2)27-20(26-17)8-7-14(10-19(20)21)13-5-6-15(24-3)16(9-13)25-4/h5-6,9-10,17-18H,7-8,11-12H2,1-4H3/t17-,18-/m0/s1. The maximum absolute atomic E-state index is 12.9. The molecule has 0 radical (unpaired) electrons. The number of rotatable bonds is 7. The largest absolute Gasteiger partial charge is 0.493 e. The fraction of sp³-hybridized carbons (Fsp3) is 0.550. The van der Waals surface area contributed by atoms with E-state index in [0.717, 1.165) is 11.1 Å². The van der Waals surface area contributed by atoms with E-state index >= 15 is 0 Å². The zero-order valence-corrected chi connectivity index (χ0v) is 16.2. The average molecular weight is 378 g/mol. The Hall–Kier alpha value is -1.93. The van der Waals surface area contributed by atoms with Crippen molar-refractivity contribution >= 4 is 11.4 Å². The highest BCUT2D eigenvalue weighted by molar-refractivity contribution is 6.03. The topological polar surface area (TPSA) is 72.5 Å². The van der Waals surface area contributed by atoms with Gasteiger partial charge in [-0.2, -0.15) is 0 Å². The van der Waals surface area contributed by atoms with Crippen LogP contribution in [0.4, 0.5) is 0 Å². The molecule has 148 valence electrons. The second-order valence-corrected chi connectivity index (χ2v) is 6.58. The van der Waals surface area contributed by atoms with Gasteiger partial charge in [0.1, 0.15) is 12.2 Å². The highest BCUT2D eigenvalue weighted by Gasteiger charge is 2.53. The second kappa shape index (κ2) is 8.39. The van der Waals surface area contributed by atoms with Crippen LogP contribution in [0.3, 0.4) is 0 Å². The van der Waals surface area contributed by atoms with Crippen LogP contribution < -0.4 is 9.47 Å². The summed E-state index contributed by atoms with van der Waals surface area (Å²) in [5.74, 6) is -0.185. The van der Waals surface area contributed by atoms with E-state index < -0.39 is 5.79 Å². The molecule has 27 heavy (non-hydrogen) atoms. The Balaban J connectivity index is 1.82. The van der Waals surface area contributed by atoms with Gasteiger partial charge in [-0.1, -0.05) is 6.07 Å². The van der Waals surface area contributed by atoms with E-state index in [4.69, 9.17) is 28.4 Å². The van der Waals surface area contributed by atoms with Gasteiger partial charge in [0, 0.05) is 20.6 Å². The predicted octanol–water partition coefficient (Wildman–Crippen LogP) is 2.22. The summed E-state index contributed by atoms with van der Waals surface area (Å²) >= 11 is 0. The van der Waals surface area contributed by atoms with Crippen LogP contribution in [0.25, 0.3) is 5.57 Å². The monoisotopic (exact) mass is 378 g/mol. The van der Waals surface area contributed by atoms with Crippen molar-refractivity contribution in [2.75, 3.05) is 41.7 Å². The van der Waals surface area contributed by atoms with E-state index in [0.29, 0.717) is 37.6 Å². The zero-order chi connectivity index (χ0) is 19.4. The molecule has 0 bridgehead atoms. The van der Waals surface area contributed by atoms with Crippen LogP contribution in [0, 0.1) is 0 Å². The average Bonchev–Trinajstić information content (AvgIpc) is 3.02. The van der Waals surface area contributed by atoms with Crippen LogP contribution in [0.2, 0.25) is 0 Å². The van der Waals surface area contributed by atoms with Crippen molar-refractivity contribution in [2.24, 2.45) is 0 Å². The highest BCUT2D eigenvalue weighted by Crippen LogP contribution is 2.41. The number of carbonyl (C=O) groups excluding carboxylic acids is 1. The van der Waals surface area contributed by atoms with Crippen LogP contribution >= 0.6 is 0 Å².